The Bertz CT molecular complexity index is 459. The number of hydrogen-bond donors (Lipinski definition) is 2. The number of carboxylic acid groups (broad SMARTS) is 1. The van der Waals surface area contributed by atoms with Crippen molar-refractivity contribution in [3.63, 3.8) is 0 Å². The van der Waals surface area contributed by atoms with Gasteiger partial charge in [0.1, 0.15) is 6.04 Å². The lowest BCUT2D eigenvalue weighted by Gasteiger charge is -2.16. The lowest BCUT2D eigenvalue weighted by atomic mass is 10.0. The standard InChI is InChI=1S/C14H19ClN2O2/c15-12-7-10(8-13(16)14(18)19)3-4-11(12)9-17-5-1-2-6-17/h3-4,7,13H,1-2,5-6,8-9,16H2,(H,18,19). The maximum atomic E-state index is 10.7. The molecule has 0 amide bonds. The molecule has 5 heteroatoms. The maximum absolute atomic E-state index is 10.7. The molecule has 1 aliphatic heterocycles. The molecule has 1 aromatic rings. The summed E-state index contributed by atoms with van der Waals surface area (Å²) in [7, 11) is 0. The van der Waals surface area contributed by atoms with Gasteiger partial charge in [-0.2, -0.15) is 0 Å². The first-order valence-corrected chi connectivity index (χ1v) is 6.92. The minimum absolute atomic E-state index is 0.305. The number of halogens is 1. The van der Waals surface area contributed by atoms with E-state index in [1.807, 2.05) is 18.2 Å². The van der Waals surface area contributed by atoms with Crippen molar-refractivity contribution in [1.82, 2.24) is 4.90 Å². The summed E-state index contributed by atoms with van der Waals surface area (Å²) >= 11 is 6.26. The van der Waals surface area contributed by atoms with E-state index in [0.717, 1.165) is 30.8 Å². The van der Waals surface area contributed by atoms with E-state index in [4.69, 9.17) is 22.4 Å². The fourth-order valence-corrected chi connectivity index (χ4v) is 2.63. The molecule has 0 spiro atoms. The average molecular weight is 283 g/mol. The van der Waals surface area contributed by atoms with Crippen molar-refractivity contribution < 1.29 is 9.90 Å². The largest absolute Gasteiger partial charge is 0.480 e. The SMILES string of the molecule is NC(Cc1ccc(CN2CCCC2)c(Cl)c1)C(=O)O. The van der Waals surface area contributed by atoms with E-state index in [1.54, 1.807) is 0 Å². The summed E-state index contributed by atoms with van der Waals surface area (Å²) in [5, 5.41) is 9.49. The van der Waals surface area contributed by atoms with E-state index in [2.05, 4.69) is 4.90 Å². The fraction of sp³-hybridized carbons (Fsp3) is 0.500. The molecule has 1 atom stereocenters. The summed E-state index contributed by atoms with van der Waals surface area (Å²) in [6, 6.07) is 4.85. The highest BCUT2D eigenvalue weighted by atomic mass is 35.5. The van der Waals surface area contributed by atoms with Crippen molar-refractivity contribution >= 4 is 17.6 Å². The Morgan fingerprint density at radius 3 is 2.68 bits per heavy atom. The third kappa shape index (κ3) is 3.93. The highest BCUT2D eigenvalue weighted by Crippen LogP contribution is 2.22. The van der Waals surface area contributed by atoms with Gasteiger partial charge in [-0.25, -0.2) is 0 Å². The maximum Gasteiger partial charge on any atom is 0.320 e. The van der Waals surface area contributed by atoms with Crippen molar-refractivity contribution in [2.45, 2.75) is 31.8 Å². The van der Waals surface area contributed by atoms with E-state index in [0.29, 0.717) is 11.4 Å². The number of hydrogen-bond acceptors (Lipinski definition) is 3. The number of rotatable bonds is 5. The Morgan fingerprint density at radius 2 is 2.11 bits per heavy atom. The Hall–Kier alpha value is -1.10. The van der Waals surface area contributed by atoms with Crippen molar-refractivity contribution in [2.24, 2.45) is 5.73 Å². The van der Waals surface area contributed by atoms with E-state index in [1.165, 1.54) is 12.8 Å². The summed E-state index contributed by atoms with van der Waals surface area (Å²) in [6.45, 7) is 3.12. The van der Waals surface area contributed by atoms with Crippen LogP contribution < -0.4 is 5.73 Å². The molecule has 1 saturated heterocycles. The summed E-state index contributed by atoms with van der Waals surface area (Å²) < 4.78 is 0. The smallest absolute Gasteiger partial charge is 0.320 e. The Morgan fingerprint density at radius 1 is 1.42 bits per heavy atom. The van der Waals surface area contributed by atoms with Crippen molar-refractivity contribution in [3.05, 3.63) is 34.3 Å². The minimum Gasteiger partial charge on any atom is -0.480 e. The van der Waals surface area contributed by atoms with Crippen molar-refractivity contribution in [3.8, 4) is 0 Å². The van der Waals surface area contributed by atoms with Crippen LogP contribution in [-0.4, -0.2) is 35.1 Å². The Balaban J connectivity index is 2.01. The lowest BCUT2D eigenvalue weighted by molar-refractivity contribution is -0.138. The summed E-state index contributed by atoms with van der Waals surface area (Å²) in [5.74, 6) is -0.989. The van der Waals surface area contributed by atoms with Gasteiger partial charge in [-0.15, -0.1) is 0 Å². The van der Waals surface area contributed by atoms with Gasteiger partial charge in [-0.3, -0.25) is 9.69 Å². The van der Waals surface area contributed by atoms with E-state index < -0.39 is 12.0 Å². The molecule has 1 unspecified atom stereocenters. The first kappa shape index (κ1) is 14.3. The van der Waals surface area contributed by atoms with Crippen molar-refractivity contribution in [2.75, 3.05) is 13.1 Å². The zero-order valence-corrected chi connectivity index (χ0v) is 11.6. The second-order valence-electron chi connectivity index (χ2n) is 5.06. The van der Waals surface area contributed by atoms with E-state index >= 15 is 0 Å². The molecule has 0 aromatic heterocycles. The van der Waals surface area contributed by atoms with Gasteiger partial charge in [0.05, 0.1) is 0 Å². The van der Waals surface area contributed by atoms with Crippen LogP contribution in [-0.2, 0) is 17.8 Å². The molecule has 1 aromatic carbocycles. The zero-order valence-electron chi connectivity index (χ0n) is 10.8. The first-order chi connectivity index (χ1) is 9.06. The molecule has 104 valence electrons. The molecule has 0 radical (unpaired) electrons. The lowest BCUT2D eigenvalue weighted by Crippen LogP contribution is -2.32. The number of nitrogens with two attached hydrogens (primary N) is 1. The van der Waals surface area contributed by atoms with E-state index in [9.17, 15) is 4.79 Å². The fourth-order valence-electron chi connectivity index (χ4n) is 2.37. The number of aliphatic carboxylic acids is 1. The zero-order chi connectivity index (χ0) is 13.8. The normalized spacial score (nSPS) is 17.6. The highest BCUT2D eigenvalue weighted by molar-refractivity contribution is 6.31. The van der Waals surface area contributed by atoms with Crippen LogP contribution in [0.2, 0.25) is 5.02 Å². The molecule has 1 aliphatic rings. The van der Waals surface area contributed by atoms with Gasteiger partial charge in [0, 0.05) is 11.6 Å². The molecule has 0 saturated carbocycles. The number of benzene rings is 1. The van der Waals surface area contributed by atoms with Crippen LogP contribution in [0.5, 0.6) is 0 Å². The van der Waals surface area contributed by atoms with Crippen LogP contribution in [0.1, 0.15) is 24.0 Å². The van der Waals surface area contributed by atoms with Crippen LogP contribution in [0, 0.1) is 0 Å². The molecule has 3 N–H and O–H groups in total. The van der Waals surface area contributed by atoms with Crippen LogP contribution >= 0.6 is 11.6 Å². The third-order valence-corrected chi connectivity index (χ3v) is 3.83. The molecule has 19 heavy (non-hydrogen) atoms. The quantitative estimate of drug-likeness (QED) is 0.865. The average Bonchev–Trinajstić information content (AvgIpc) is 2.85. The van der Waals surface area contributed by atoms with Gasteiger partial charge in [0.25, 0.3) is 0 Å². The summed E-state index contributed by atoms with van der Waals surface area (Å²) in [4.78, 5) is 13.1. The van der Waals surface area contributed by atoms with Gasteiger partial charge in [-0.1, -0.05) is 23.7 Å². The van der Waals surface area contributed by atoms with Gasteiger partial charge >= 0.3 is 5.97 Å². The van der Waals surface area contributed by atoms with Crippen LogP contribution in [0.3, 0.4) is 0 Å². The molecule has 1 fully saturated rings. The van der Waals surface area contributed by atoms with Crippen LogP contribution in [0.25, 0.3) is 0 Å². The van der Waals surface area contributed by atoms with Gasteiger partial charge < -0.3 is 10.8 Å². The van der Waals surface area contributed by atoms with Gasteiger partial charge in [0.2, 0.25) is 0 Å². The predicted molar refractivity (Wildman–Crippen MR) is 75.3 cm³/mol. The number of carboxylic acids is 1. The summed E-state index contributed by atoms with van der Waals surface area (Å²) in [5.41, 5.74) is 7.48. The predicted octanol–water partition coefficient (Wildman–Crippen LogP) is 1.89. The molecular weight excluding hydrogens is 264 g/mol. The second-order valence-corrected chi connectivity index (χ2v) is 5.47. The van der Waals surface area contributed by atoms with E-state index in [-0.39, 0.29) is 0 Å². The van der Waals surface area contributed by atoms with Gasteiger partial charge in [0.15, 0.2) is 0 Å². The molecule has 2 rings (SSSR count). The molecule has 0 bridgehead atoms. The monoisotopic (exact) mass is 282 g/mol. The van der Waals surface area contributed by atoms with Crippen LogP contribution in [0.4, 0.5) is 0 Å². The molecule has 0 aliphatic carbocycles. The number of likely N-dealkylation sites (tertiary alicyclic amines) is 1. The molecular formula is C14H19ClN2O2. The van der Waals surface area contributed by atoms with Gasteiger partial charge in [-0.05, 0) is 49.5 Å². The van der Waals surface area contributed by atoms with Crippen LogP contribution in [0.15, 0.2) is 18.2 Å². The number of carbonyl (C=O) groups is 1. The highest BCUT2D eigenvalue weighted by Gasteiger charge is 2.15. The first-order valence-electron chi connectivity index (χ1n) is 6.54. The second kappa shape index (κ2) is 6.37. The Kier molecular flexibility index (Phi) is 4.80. The van der Waals surface area contributed by atoms with Crippen molar-refractivity contribution in [1.29, 1.82) is 0 Å². The molecule has 1 heterocycles. The Labute approximate surface area is 118 Å². The number of nitrogens with zero attached hydrogens (tertiary/aromatic N) is 1. The third-order valence-electron chi connectivity index (χ3n) is 3.48. The topological polar surface area (TPSA) is 66.6 Å². The molecule has 4 nitrogen and oxygen atoms in total. The minimum atomic E-state index is -0.989. The summed E-state index contributed by atoms with van der Waals surface area (Å²) in [6.07, 6.45) is 2.81.